The molecule has 2 rings (SSSR count). The maximum Gasteiger partial charge on any atom is 0.0904 e. The lowest BCUT2D eigenvalue weighted by atomic mass is 9.92. The molecule has 1 aromatic heterocycles. The van der Waals surface area contributed by atoms with Gasteiger partial charge in [-0.1, -0.05) is 6.07 Å². The van der Waals surface area contributed by atoms with Crippen LogP contribution in [0, 0.1) is 41.5 Å². The van der Waals surface area contributed by atoms with Gasteiger partial charge in [-0.2, -0.15) is 0 Å². The first kappa shape index (κ1) is 12.3. The number of hydrogen-bond donors (Lipinski definition) is 0. The lowest BCUT2D eigenvalue weighted by Gasteiger charge is -2.14. The van der Waals surface area contributed by atoms with Crippen molar-refractivity contribution in [3.63, 3.8) is 0 Å². The van der Waals surface area contributed by atoms with Crippen molar-refractivity contribution in [1.29, 1.82) is 0 Å². The summed E-state index contributed by atoms with van der Waals surface area (Å²) >= 11 is 1.78. The third-order valence-electron chi connectivity index (χ3n) is 3.51. The zero-order valence-electron chi connectivity index (χ0n) is 11.4. The molecule has 1 heterocycles. The first-order chi connectivity index (χ1) is 7.91. The zero-order chi connectivity index (χ0) is 12.7. The lowest BCUT2D eigenvalue weighted by Crippen LogP contribution is -1.96. The van der Waals surface area contributed by atoms with E-state index in [9.17, 15) is 0 Å². The molecule has 0 bridgehead atoms. The van der Waals surface area contributed by atoms with Crippen LogP contribution < -0.4 is 0 Å². The summed E-state index contributed by atoms with van der Waals surface area (Å²) in [6.07, 6.45) is 0. The van der Waals surface area contributed by atoms with Crippen molar-refractivity contribution in [2.24, 2.45) is 0 Å². The number of aromatic nitrogens is 1. The standard InChI is InChI=1S/C15H19NS/c1-8-7-9(2)11(4)14(10(8)3)15-12(5)17-13(6)16-15/h7H,1-6H3. The first-order valence-electron chi connectivity index (χ1n) is 5.93. The van der Waals surface area contributed by atoms with Crippen molar-refractivity contribution in [1.82, 2.24) is 4.98 Å². The molecule has 2 aromatic rings. The van der Waals surface area contributed by atoms with Crippen LogP contribution in [0.15, 0.2) is 6.07 Å². The van der Waals surface area contributed by atoms with E-state index in [0.29, 0.717) is 0 Å². The van der Waals surface area contributed by atoms with Gasteiger partial charge in [0.1, 0.15) is 0 Å². The fourth-order valence-electron chi connectivity index (χ4n) is 2.33. The zero-order valence-corrected chi connectivity index (χ0v) is 12.2. The minimum absolute atomic E-state index is 1.15. The van der Waals surface area contributed by atoms with E-state index in [1.54, 1.807) is 11.3 Å². The molecule has 0 unspecified atom stereocenters. The van der Waals surface area contributed by atoms with Gasteiger partial charge in [0.25, 0.3) is 0 Å². The number of nitrogens with zero attached hydrogens (tertiary/aromatic N) is 1. The summed E-state index contributed by atoms with van der Waals surface area (Å²) in [4.78, 5) is 6.02. The Kier molecular flexibility index (Phi) is 3.09. The fraction of sp³-hybridized carbons (Fsp3) is 0.400. The van der Waals surface area contributed by atoms with Gasteiger partial charge in [-0.3, -0.25) is 0 Å². The minimum atomic E-state index is 1.15. The van der Waals surface area contributed by atoms with Crippen LogP contribution in [0.1, 0.15) is 32.1 Å². The average Bonchev–Trinajstić information content (AvgIpc) is 2.56. The fourth-order valence-corrected chi connectivity index (χ4v) is 3.16. The van der Waals surface area contributed by atoms with Gasteiger partial charge in [-0.25, -0.2) is 4.98 Å². The molecule has 1 nitrogen and oxygen atoms in total. The third kappa shape index (κ3) is 2.02. The number of benzene rings is 1. The van der Waals surface area contributed by atoms with Crippen LogP contribution in [-0.4, -0.2) is 4.98 Å². The highest BCUT2D eigenvalue weighted by Gasteiger charge is 2.15. The molecule has 0 N–H and O–H groups in total. The lowest BCUT2D eigenvalue weighted by molar-refractivity contribution is 1.21. The van der Waals surface area contributed by atoms with Crippen molar-refractivity contribution in [3.05, 3.63) is 38.2 Å². The van der Waals surface area contributed by atoms with E-state index in [-0.39, 0.29) is 0 Å². The molecule has 17 heavy (non-hydrogen) atoms. The average molecular weight is 245 g/mol. The summed E-state index contributed by atoms with van der Waals surface area (Å²) < 4.78 is 0. The highest BCUT2D eigenvalue weighted by Crippen LogP contribution is 2.34. The van der Waals surface area contributed by atoms with Gasteiger partial charge in [-0.15, -0.1) is 11.3 Å². The maximum absolute atomic E-state index is 4.70. The van der Waals surface area contributed by atoms with E-state index in [1.807, 2.05) is 0 Å². The Morgan fingerprint density at radius 2 is 1.41 bits per heavy atom. The normalized spacial score (nSPS) is 10.9. The number of aryl methyl sites for hydroxylation is 4. The molecule has 0 spiro atoms. The highest BCUT2D eigenvalue weighted by atomic mass is 32.1. The summed E-state index contributed by atoms with van der Waals surface area (Å²) in [5.41, 5.74) is 7.95. The second-order valence-electron chi connectivity index (χ2n) is 4.77. The van der Waals surface area contributed by atoms with Crippen molar-refractivity contribution in [3.8, 4) is 11.3 Å². The molecule has 0 radical (unpaired) electrons. The molecule has 2 heteroatoms. The molecular formula is C15H19NS. The summed E-state index contributed by atoms with van der Waals surface area (Å²) in [5.74, 6) is 0. The van der Waals surface area contributed by atoms with Gasteiger partial charge < -0.3 is 0 Å². The molecule has 0 aliphatic carbocycles. The van der Waals surface area contributed by atoms with Gasteiger partial charge >= 0.3 is 0 Å². The van der Waals surface area contributed by atoms with Gasteiger partial charge in [0.15, 0.2) is 0 Å². The van der Waals surface area contributed by atoms with Gasteiger partial charge in [0.2, 0.25) is 0 Å². The second-order valence-corrected chi connectivity index (χ2v) is 6.18. The predicted octanol–water partition coefficient (Wildman–Crippen LogP) is 4.66. The Labute approximate surface area is 108 Å². The minimum Gasteiger partial charge on any atom is -0.241 e. The van der Waals surface area contributed by atoms with Crippen molar-refractivity contribution in [2.75, 3.05) is 0 Å². The quantitative estimate of drug-likeness (QED) is 0.712. The summed E-state index contributed by atoms with van der Waals surface area (Å²) in [6.45, 7) is 13.0. The Hall–Kier alpha value is -1.15. The molecule has 0 amide bonds. The van der Waals surface area contributed by atoms with Crippen LogP contribution in [0.4, 0.5) is 0 Å². The predicted molar refractivity (Wildman–Crippen MR) is 76.0 cm³/mol. The first-order valence-corrected chi connectivity index (χ1v) is 6.75. The molecule has 0 atom stereocenters. The Bertz CT molecular complexity index is 553. The smallest absolute Gasteiger partial charge is 0.0904 e. The van der Waals surface area contributed by atoms with Crippen molar-refractivity contribution in [2.45, 2.75) is 41.5 Å². The largest absolute Gasteiger partial charge is 0.241 e. The van der Waals surface area contributed by atoms with Gasteiger partial charge in [-0.05, 0) is 63.8 Å². The molecule has 0 saturated carbocycles. The van der Waals surface area contributed by atoms with Crippen LogP contribution in [0.2, 0.25) is 0 Å². The van der Waals surface area contributed by atoms with Gasteiger partial charge in [0, 0.05) is 10.4 Å². The molecule has 0 saturated heterocycles. The van der Waals surface area contributed by atoms with Crippen molar-refractivity contribution < 1.29 is 0 Å². The Morgan fingerprint density at radius 1 is 0.882 bits per heavy atom. The SMILES string of the molecule is Cc1nc(-c2c(C)c(C)cc(C)c2C)c(C)s1. The third-order valence-corrected chi connectivity index (χ3v) is 4.39. The maximum atomic E-state index is 4.70. The van der Waals surface area contributed by atoms with E-state index in [4.69, 9.17) is 4.98 Å². The summed E-state index contributed by atoms with van der Waals surface area (Å²) in [7, 11) is 0. The number of thiazole rings is 1. The van der Waals surface area contributed by atoms with E-state index < -0.39 is 0 Å². The van der Waals surface area contributed by atoms with E-state index >= 15 is 0 Å². The topological polar surface area (TPSA) is 12.9 Å². The Balaban J connectivity index is 2.79. The summed E-state index contributed by atoms with van der Waals surface area (Å²) in [6, 6.07) is 2.27. The molecular weight excluding hydrogens is 226 g/mol. The van der Waals surface area contributed by atoms with Gasteiger partial charge in [0.05, 0.1) is 10.7 Å². The molecule has 90 valence electrons. The number of hydrogen-bond acceptors (Lipinski definition) is 2. The summed E-state index contributed by atoms with van der Waals surface area (Å²) in [5, 5.41) is 1.15. The highest BCUT2D eigenvalue weighted by molar-refractivity contribution is 7.11. The van der Waals surface area contributed by atoms with Crippen LogP contribution in [0.5, 0.6) is 0 Å². The molecule has 1 aromatic carbocycles. The second kappa shape index (κ2) is 4.26. The number of rotatable bonds is 1. The van der Waals surface area contributed by atoms with E-state index in [2.05, 4.69) is 47.6 Å². The van der Waals surface area contributed by atoms with Crippen LogP contribution in [0.3, 0.4) is 0 Å². The van der Waals surface area contributed by atoms with Crippen LogP contribution in [0.25, 0.3) is 11.3 Å². The monoisotopic (exact) mass is 245 g/mol. The molecule has 0 aliphatic rings. The molecule has 0 fully saturated rings. The van der Waals surface area contributed by atoms with Crippen molar-refractivity contribution >= 4 is 11.3 Å². The van der Waals surface area contributed by atoms with Crippen LogP contribution in [-0.2, 0) is 0 Å². The van der Waals surface area contributed by atoms with E-state index in [0.717, 1.165) is 5.01 Å². The van der Waals surface area contributed by atoms with E-state index in [1.165, 1.54) is 38.4 Å². The van der Waals surface area contributed by atoms with Crippen LogP contribution >= 0.6 is 11.3 Å². The molecule has 0 aliphatic heterocycles. The Morgan fingerprint density at radius 3 is 1.82 bits per heavy atom.